The fourth-order valence-electron chi connectivity index (χ4n) is 3.57. The minimum Gasteiger partial charge on any atom is -0.495 e. The molecule has 3 heterocycles. The van der Waals surface area contributed by atoms with E-state index in [4.69, 9.17) is 21.4 Å². The number of aliphatic hydroxyl groups is 1. The molecule has 0 saturated carbocycles. The van der Waals surface area contributed by atoms with E-state index < -0.39 is 5.69 Å². The Morgan fingerprint density at radius 2 is 2.07 bits per heavy atom. The lowest BCUT2D eigenvalue weighted by atomic mass is 10.3. The third-order valence-corrected chi connectivity index (χ3v) is 5.28. The summed E-state index contributed by atoms with van der Waals surface area (Å²) in [6.07, 6.45) is 0.331. The molecular weight excluding hydrogens is 386 g/mol. The van der Waals surface area contributed by atoms with Crippen LogP contribution in [0.25, 0.3) is 11.2 Å². The second kappa shape index (κ2) is 6.99. The van der Waals surface area contributed by atoms with E-state index in [0.29, 0.717) is 47.4 Å². The molecule has 0 fully saturated rings. The Labute approximate surface area is 165 Å². The minimum atomic E-state index is -0.443. The van der Waals surface area contributed by atoms with Crippen molar-refractivity contribution in [2.45, 2.75) is 19.5 Å². The molecule has 10 heteroatoms. The Hall–Kier alpha value is -2.78. The molecule has 1 aliphatic heterocycles. The molecule has 4 rings (SSSR count). The first kappa shape index (κ1) is 18.6. The molecule has 2 aromatic heterocycles. The van der Waals surface area contributed by atoms with Crippen LogP contribution < -0.4 is 20.9 Å². The molecule has 0 radical (unpaired) electrons. The molecule has 0 bridgehead atoms. The molecule has 0 amide bonds. The third-order valence-electron chi connectivity index (χ3n) is 4.99. The summed E-state index contributed by atoms with van der Waals surface area (Å²) in [4.78, 5) is 32.0. The number of hydrogen-bond donors (Lipinski definition) is 1. The van der Waals surface area contributed by atoms with Crippen molar-refractivity contribution in [2.24, 2.45) is 7.05 Å². The van der Waals surface area contributed by atoms with Gasteiger partial charge in [-0.2, -0.15) is 4.98 Å². The Balaban J connectivity index is 1.88. The van der Waals surface area contributed by atoms with Crippen molar-refractivity contribution >= 4 is 34.4 Å². The van der Waals surface area contributed by atoms with Crippen LogP contribution in [0.2, 0.25) is 5.02 Å². The van der Waals surface area contributed by atoms with Crippen LogP contribution in [0.3, 0.4) is 0 Å². The van der Waals surface area contributed by atoms with Crippen molar-refractivity contribution in [3.05, 3.63) is 44.1 Å². The highest BCUT2D eigenvalue weighted by Gasteiger charge is 2.29. The molecule has 9 nitrogen and oxygen atoms in total. The fourth-order valence-corrected chi connectivity index (χ4v) is 3.82. The number of aryl methyl sites for hydroxylation is 1. The zero-order valence-corrected chi connectivity index (χ0v) is 16.3. The van der Waals surface area contributed by atoms with E-state index in [-0.39, 0.29) is 18.7 Å². The fraction of sp³-hybridized carbons (Fsp3) is 0.389. The Kier molecular flexibility index (Phi) is 4.64. The van der Waals surface area contributed by atoms with Crippen LogP contribution in [0, 0.1) is 0 Å². The maximum atomic E-state index is 13.0. The molecule has 1 aliphatic rings. The molecule has 0 saturated heterocycles. The van der Waals surface area contributed by atoms with Crippen molar-refractivity contribution in [1.29, 1.82) is 0 Å². The number of aromatic nitrogens is 4. The van der Waals surface area contributed by atoms with Gasteiger partial charge >= 0.3 is 5.69 Å². The van der Waals surface area contributed by atoms with Gasteiger partial charge in [-0.15, -0.1) is 0 Å². The molecule has 0 aliphatic carbocycles. The molecule has 0 unspecified atom stereocenters. The first-order chi connectivity index (χ1) is 13.5. The van der Waals surface area contributed by atoms with Crippen LogP contribution in [0.5, 0.6) is 5.75 Å². The van der Waals surface area contributed by atoms with E-state index in [9.17, 15) is 9.59 Å². The Bertz CT molecular complexity index is 1180. The molecule has 3 aromatic rings. The first-order valence-electron chi connectivity index (χ1n) is 8.90. The van der Waals surface area contributed by atoms with Crippen LogP contribution in [-0.4, -0.2) is 44.1 Å². The number of imidazole rings is 1. The van der Waals surface area contributed by atoms with E-state index in [1.165, 1.54) is 4.57 Å². The lowest BCUT2D eigenvalue weighted by Gasteiger charge is -2.17. The average Bonchev–Trinajstić information content (AvgIpc) is 3.25. The van der Waals surface area contributed by atoms with Crippen LogP contribution >= 0.6 is 11.6 Å². The molecular formula is C18H20ClN5O4. The Morgan fingerprint density at radius 3 is 2.75 bits per heavy atom. The highest BCUT2D eigenvalue weighted by Crippen LogP contribution is 2.35. The van der Waals surface area contributed by atoms with Crippen LogP contribution in [-0.2, 0) is 20.1 Å². The summed E-state index contributed by atoms with van der Waals surface area (Å²) < 4.78 is 9.55. The third kappa shape index (κ3) is 2.70. The number of halogens is 1. The predicted molar refractivity (Wildman–Crippen MR) is 106 cm³/mol. The van der Waals surface area contributed by atoms with Crippen molar-refractivity contribution < 1.29 is 9.84 Å². The number of aliphatic hydroxyl groups excluding tert-OH is 1. The number of hydrogen-bond acceptors (Lipinski definition) is 6. The number of anilines is 2. The summed E-state index contributed by atoms with van der Waals surface area (Å²) in [6, 6.07) is 5.44. The van der Waals surface area contributed by atoms with E-state index in [2.05, 4.69) is 4.98 Å². The lowest BCUT2D eigenvalue weighted by Crippen LogP contribution is -2.39. The highest BCUT2D eigenvalue weighted by molar-refractivity contribution is 6.32. The number of nitrogens with zero attached hydrogens (tertiary/aromatic N) is 5. The molecule has 148 valence electrons. The maximum absolute atomic E-state index is 13.0. The van der Waals surface area contributed by atoms with Crippen LogP contribution in [0.15, 0.2) is 27.8 Å². The van der Waals surface area contributed by atoms with E-state index >= 15 is 0 Å². The topological polar surface area (TPSA) is 94.5 Å². The number of fused-ring (bicyclic) bond motifs is 3. The highest BCUT2D eigenvalue weighted by atomic mass is 35.5. The average molecular weight is 406 g/mol. The largest absolute Gasteiger partial charge is 0.495 e. The van der Waals surface area contributed by atoms with E-state index in [1.54, 1.807) is 26.3 Å². The van der Waals surface area contributed by atoms with Gasteiger partial charge < -0.3 is 19.3 Å². The summed E-state index contributed by atoms with van der Waals surface area (Å²) in [6.45, 7) is 1.25. The van der Waals surface area contributed by atoms with Gasteiger partial charge in [0.2, 0.25) is 5.95 Å². The SMILES string of the molecule is COc1ccc(N2CCn3c2nc2c3c(=O)n(CCCO)c(=O)n2C)cc1Cl. The van der Waals surface area contributed by atoms with Crippen molar-refractivity contribution in [2.75, 3.05) is 25.2 Å². The number of ether oxygens (including phenoxy) is 1. The lowest BCUT2D eigenvalue weighted by molar-refractivity contribution is 0.277. The van der Waals surface area contributed by atoms with Gasteiger partial charge in [-0.05, 0) is 24.6 Å². The first-order valence-corrected chi connectivity index (χ1v) is 9.27. The van der Waals surface area contributed by atoms with Gasteiger partial charge in [-0.25, -0.2) is 4.79 Å². The molecule has 0 atom stereocenters. The van der Waals surface area contributed by atoms with E-state index in [0.717, 1.165) is 10.3 Å². The predicted octanol–water partition coefficient (Wildman–Crippen LogP) is 1.09. The summed E-state index contributed by atoms with van der Waals surface area (Å²) in [5, 5.41) is 9.54. The zero-order valence-electron chi connectivity index (χ0n) is 15.6. The van der Waals surface area contributed by atoms with Gasteiger partial charge in [-0.1, -0.05) is 11.6 Å². The minimum absolute atomic E-state index is 0.0931. The van der Waals surface area contributed by atoms with Crippen LogP contribution in [0.4, 0.5) is 11.6 Å². The summed E-state index contributed by atoms with van der Waals surface area (Å²) in [5.41, 5.74) is 0.721. The molecule has 28 heavy (non-hydrogen) atoms. The smallest absolute Gasteiger partial charge is 0.332 e. The van der Waals surface area contributed by atoms with Gasteiger partial charge in [0, 0.05) is 39.0 Å². The standard InChI is InChI=1S/C18H20ClN5O4/c1-21-15-14(16(26)24(18(21)27)6-3-9-25)23-8-7-22(17(23)20-15)11-4-5-13(28-2)12(19)10-11/h4-5,10,25H,3,6-9H2,1-2H3. The van der Waals surface area contributed by atoms with Gasteiger partial charge in [0.1, 0.15) is 5.75 Å². The normalized spacial score (nSPS) is 13.4. The molecule has 1 aromatic carbocycles. The second-order valence-corrected chi connectivity index (χ2v) is 6.99. The second-order valence-electron chi connectivity index (χ2n) is 6.58. The Morgan fingerprint density at radius 1 is 1.29 bits per heavy atom. The van der Waals surface area contributed by atoms with Gasteiger partial charge in [-0.3, -0.25) is 13.9 Å². The van der Waals surface area contributed by atoms with Gasteiger partial charge in [0.05, 0.1) is 12.1 Å². The van der Waals surface area contributed by atoms with Gasteiger partial charge in [0.25, 0.3) is 5.56 Å². The van der Waals surface area contributed by atoms with Crippen molar-refractivity contribution in [3.8, 4) is 5.75 Å². The summed E-state index contributed by atoms with van der Waals surface area (Å²) >= 11 is 6.26. The van der Waals surface area contributed by atoms with Gasteiger partial charge in [0.15, 0.2) is 11.2 Å². The van der Waals surface area contributed by atoms with Crippen molar-refractivity contribution in [3.63, 3.8) is 0 Å². The number of rotatable bonds is 5. The summed E-state index contributed by atoms with van der Waals surface area (Å²) in [7, 11) is 3.15. The number of benzene rings is 1. The number of methoxy groups -OCH3 is 1. The maximum Gasteiger partial charge on any atom is 0.332 e. The monoisotopic (exact) mass is 405 g/mol. The zero-order chi connectivity index (χ0) is 20.0. The van der Waals surface area contributed by atoms with E-state index in [1.807, 2.05) is 15.5 Å². The van der Waals surface area contributed by atoms with Crippen molar-refractivity contribution in [1.82, 2.24) is 18.7 Å². The van der Waals surface area contributed by atoms with Crippen LogP contribution in [0.1, 0.15) is 6.42 Å². The molecule has 1 N–H and O–H groups in total. The quantitative estimate of drug-likeness (QED) is 0.683. The molecule has 0 spiro atoms. The summed E-state index contributed by atoms with van der Waals surface area (Å²) in [5.74, 6) is 1.16.